The SMILES string of the molecule is CC(C)(C)OC(=O)Nc1ccccc1N1CC(=O)CC1=O. The predicted octanol–water partition coefficient (Wildman–Crippen LogP) is 2.34. The highest BCUT2D eigenvalue weighted by atomic mass is 16.6. The van der Waals surface area contributed by atoms with Gasteiger partial charge in [-0.3, -0.25) is 14.9 Å². The molecular formula is C15H18N2O4. The third kappa shape index (κ3) is 3.81. The van der Waals surface area contributed by atoms with E-state index in [0.29, 0.717) is 11.4 Å². The molecule has 1 aromatic rings. The summed E-state index contributed by atoms with van der Waals surface area (Å²) in [6, 6.07) is 6.82. The summed E-state index contributed by atoms with van der Waals surface area (Å²) in [5.41, 5.74) is 0.326. The number of nitrogens with one attached hydrogen (secondary N) is 1. The Balaban J connectivity index is 2.20. The molecule has 1 saturated heterocycles. The van der Waals surface area contributed by atoms with Gasteiger partial charge in [-0.25, -0.2) is 4.79 Å². The van der Waals surface area contributed by atoms with E-state index < -0.39 is 11.7 Å². The van der Waals surface area contributed by atoms with Crippen LogP contribution >= 0.6 is 0 Å². The topological polar surface area (TPSA) is 75.7 Å². The smallest absolute Gasteiger partial charge is 0.412 e. The van der Waals surface area contributed by atoms with Crippen LogP contribution in [-0.2, 0) is 14.3 Å². The Hall–Kier alpha value is -2.37. The van der Waals surface area contributed by atoms with Crippen molar-refractivity contribution >= 4 is 29.2 Å². The number of ketones is 1. The molecule has 1 fully saturated rings. The summed E-state index contributed by atoms with van der Waals surface area (Å²) in [6.07, 6.45) is -0.700. The maximum Gasteiger partial charge on any atom is 0.412 e. The van der Waals surface area contributed by atoms with Crippen LogP contribution in [0.2, 0.25) is 0 Å². The molecule has 2 rings (SSSR count). The van der Waals surface area contributed by atoms with E-state index in [1.807, 2.05) is 0 Å². The molecule has 0 spiro atoms. The number of anilines is 2. The fraction of sp³-hybridized carbons (Fsp3) is 0.400. The van der Waals surface area contributed by atoms with E-state index in [-0.39, 0.29) is 24.7 Å². The molecule has 0 bridgehead atoms. The molecule has 1 heterocycles. The summed E-state index contributed by atoms with van der Waals surface area (Å²) >= 11 is 0. The van der Waals surface area contributed by atoms with E-state index in [1.54, 1.807) is 45.0 Å². The average Bonchev–Trinajstić information content (AvgIpc) is 2.66. The molecule has 1 aliphatic rings. The van der Waals surface area contributed by atoms with Crippen LogP contribution in [-0.4, -0.2) is 29.9 Å². The first kappa shape index (κ1) is 15.0. The lowest BCUT2D eigenvalue weighted by Gasteiger charge is -2.22. The minimum absolute atomic E-state index is 0.0336. The third-order valence-electron chi connectivity index (χ3n) is 2.81. The molecule has 6 nitrogen and oxygen atoms in total. The van der Waals surface area contributed by atoms with Crippen molar-refractivity contribution in [1.82, 2.24) is 0 Å². The van der Waals surface area contributed by atoms with Gasteiger partial charge in [0.2, 0.25) is 5.91 Å². The van der Waals surface area contributed by atoms with Crippen LogP contribution in [0.15, 0.2) is 24.3 Å². The first-order chi connectivity index (χ1) is 9.76. The molecule has 0 saturated carbocycles. The van der Waals surface area contributed by atoms with E-state index in [1.165, 1.54) is 4.90 Å². The van der Waals surface area contributed by atoms with Gasteiger partial charge in [-0.2, -0.15) is 0 Å². The van der Waals surface area contributed by atoms with Crippen molar-refractivity contribution < 1.29 is 19.1 Å². The number of Topliss-reactive ketones (excluding diaryl/α,β-unsaturated/α-hetero) is 1. The molecule has 1 N–H and O–H groups in total. The largest absolute Gasteiger partial charge is 0.444 e. The van der Waals surface area contributed by atoms with Crippen LogP contribution in [0.5, 0.6) is 0 Å². The maximum absolute atomic E-state index is 11.8. The highest BCUT2D eigenvalue weighted by Gasteiger charge is 2.30. The van der Waals surface area contributed by atoms with E-state index in [4.69, 9.17) is 4.74 Å². The van der Waals surface area contributed by atoms with Crippen LogP contribution < -0.4 is 10.2 Å². The Morgan fingerprint density at radius 2 is 1.90 bits per heavy atom. The van der Waals surface area contributed by atoms with Crippen molar-refractivity contribution in [2.75, 3.05) is 16.8 Å². The number of hydrogen-bond donors (Lipinski definition) is 1. The van der Waals surface area contributed by atoms with Crippen molar-refractivity contribution in [1.29, 1.82) is 0 Å². The highest BCUT2D eigenvalue weighted by molar-refractivity contribution is 6.16. The summed E-state index contributed by atoms with van der Waals surface area (Å²) in [4.78, 5) is 36.4. The Kier molecular flexibility index (Phi) is 3.97. The zero-order chi connectivity index (χ0) is 15.6. The number of rotatable bonds is 2. The molecule has 112 valence electrons. The predicted molar refractivity (Wildman–Crippen MR) is 78.3 cm³/mol. The quantitative estimate of drug-likeness (QED) is 0.848. The van der Waals surface area contributed by atoms with E-state index >= 15 is 0 Å². The van der Waals surface area contributed by atoms with Crippen molar-refractivity contribution in [2.24, 2.45) is 0 Å². The van der Waals surface area contributed by atoms with Gasteiger partial charge in [0.25, 0.3) is 0 Å². The fourth-order valence-corrected chi connectivity index (χ4v) is 2.03. The van der Waals surface area contributed by atoms with Crippen LogP contribution in [0.25, 0.3) is 0 Å². The molecule has 6 heteroatoms. The van der Waals surface area contributed by atoms with Crippen LogP contribution in [0.3, 0.4) is 0 Å². The zero-order valence-corrected chi connectivity index (χ0v) is 12.3. The Labute approximate surface area is 123 Å². The van der Waals surface area contributed by atoms with Gasteiger partial charge in [0, 0.05) is 0 Å². The maximum atomic E-state index is 11.8. The Morgan fingerprint density at radius 3 is 2.48 bits per heavy atom. The Bertz CT molecular complexity index is 590. The summed E-state index contributed by atoms with van der Waals surface area (Å²) in [6.45, 7) is 5.33. The summed E-state index contributed by atoms with van der Waals surface area (Å²) < 4.78 is 5.19. The molecule has 1 aromatic carbocycles. The molecule has 0 aromatic heterocycles. The van der Waals surface area contributed by atoms with Gasteiger partial charge in [-0.1, -0.05) is 12.1 Å². The van der Waals surface area contributed by atoms with E-state index in [2.05, 4.69) is 5.32 Å². The van der Waals surface area contributed by atoms with Crippen LogP contribution in [0, 0.1) is 0 Å². The molecule has 0 atom stereocenters. The van der Waals surface area contributed by atoms with Gasteiger partial charge in [0.1, 0.15) is 5.60 Å². The molecule has 21 heavy (non-hydrogen) atoms. The van der Waals surface area contributed by atoms with Gasteiger partial charge < -0.3 is 9.64 Å². The summed E-state index contributed by atoms with van der Waals surface area (Å²) in [7, 11) is 0. The van der Waals surface area contributed by atoms with Gasteiger partial charge in [-0.05, 0) is 32.9 Å². The summed E-state index contributed by atoms with van der Waals surface area (Å²) in [5, 5.41) is 2.61. The molecule has 1 aliphatic heterocycles. The standard InChI is InChI=1S/C15H18N2O4/c1-15(2,3)21-14(20)16-11-6-4-5-7-12(11)17-9-10(18)8-13(17)19/h4-7H,8-9H2,1-3H3,(H,16,20). The minimum atomic E-state index is -0.613. The zero-order valence-electron chi connectivity index (χ0n) is 12.3. The first-order valence-corrected chi connectivity index (χ1v) is 6.67. The molecule has 0 unspecified atom stereocenters. The van der Waals surface area contributed by atoms with Crippen LogP contribution in [0.4, 0.5) is 16.2 Å². The second-order valence-electron chi connectivity index (χ2n) is 5.84. The average molecular weight is 290 g/mol. The van der Waals surface area contributed by atoms with E-state index in [0.717, 1.165) is 0 Å². The minimum Gasteiger partial charge on any atom is -0.444 e. The molecular weight excluding hydrogens is 272 g/mol. The number of para-hydroxylation sites is 2. The van der Waals surface area contributed by atoms with Gasteiger partial charge >= 0.3 is 6.09 Å². The number of carbonyl (C=O) groups excluding carboxylic acids is 3. The third-order valence-corrected chi connectivity index (χ3v) is 2.81. The van der Waals surface area contributed by atoms with Crippen LogP contribution in [0.1, 0.15) is 27.2 Å². The first-order valence-electron chi connectivity index (χ1n) is 6.67. The molecule has 2 amide bonds. The lowest BCUT2D eigenvalue weighted by Crippen LogP contribution is -2.29. The number of carbonyl (C=O) groups is 3. The van der Waals surface area contributed by atoms with Crippen molar-refractivity contribution in [3.63, 3.8) is 0 Å². The molecule has 0 aliphatic carbocycles. The lowest BCUT2D eigenvalue weighted by molar-refractivity contribution is -0.121. The van der Waals surface area contributed by atoms with Gasteiger partial charge in [0.15, 0.2) is 5.78 Å². The van der Waals surface area contributed by atoms with Crippen molar-refractivity contribution in [3.8, 4) is 0 Å². The number of hydrogen-bond acceptors (Lipinski definition) is 4. The molecule has 0 radical (unpaired) electrons. The number of ether oxygens (including phenoxy) is 1. The monoisotopic (exact) mass is 290 g/mol. The summed E-state index contributed by atoms with van der Waals surface area (Å²) in [5.74, 6) is -0.398. The fourth-order valence-electron chi connectivity index (χ4n) is 2.03. The second kappa shape index (κ2) is 5.55. The van der Waals surface area contributed by atoms with Crippen molar-refractivity contribution in [3.05, 3.63) is 24.3 Å². The van der Waals surface area contributed by atoms with Gasteiger partial charge in [0.05, 0.1) is 24.3 Å². The highest BCUT2D eigenvalue weighted by Crippen LogP contribution is 2.28. The number of amides is 2. The van der Waals surface area contributed by atoms with Gasteiger partial charge in [-0.15, -0.1) is 0 Å². The van der Waals surface area contributed by atoms with Crippen molar-refractivity contribution in [2.45, 2.75) is 32.8 Å². The lowest BCUT2D eigenvalue weighted by atomic mass is 10.2. The van der Waals surface area contributed by atoms with E-state index in [9.17, 15) is 14.4 Å². The number of benzene rings is 1. The number of nitrogens with zero attached hydrogens (tertiary/aromatic N) is 1. The second-order valence-corrected chi connectivity index (χ2v) is 5.84. The Morgan fingerprint density at radius 1 is 1.24 bits per heavy atom. The normalized spacial score (nSPS) is 15.3.